The number of nitrogens with one attached hydrogen (secondary N) is 2. The monoisotopic (exact) mass is 430 g/mol. The number of hydrogen-bond acceptors (Lipinski definition) is 4. The first-order valence-corrected chi connectivity index (χ1v) is 9.85. The van der Waals surface area contributed by atoms with E-state index >= 15 is 0 Å². The molecule has 2 heterocycles. The molecule has 5 rings (SSSR count). The molecule has 0 spiro atoms. The van der Waals surface area contributed by atoms with Crippen LogP contribution >= 0.6 is 11.9 Å². The Bertz CT molecular complexity index is 1100. The summed E-state index contributed by atoms with van der Waals surface area (Å²) < 4.78 is 48.8. The van der Waals surface area contributed by atoms with Gasteiger partial charge in [-0.2, -0.15) is 0 Å². The first-order chi connectivity index (χ1) is 14.5. The zero-order chi connectivity index (χ0) is 21.0. The second kappa shape index (κ2) is 8.73. The topological polar surface area (TPSA) is 46.3 Å². The minimum absolute atomic E-state index is 0.238. The van der Waals surface area contributed by atoms with Crippen LogP contribution in [0.1, 0.15) is 0 Å². The number of benzene rings is 3. The van der Waals surface area contributed by atoms with Crippen LogP contribution in [0.25, 0.3) is 22.0 Å². The third-order valence-corrected chi connectivity index (χ3v) is 5.19. The lowest BCUT2D eigenvalue weighted by atomic mass is 10.1. The van der Waals surface area contributed by atoms with Crippen LogP contribution in [-0.4, -0.2) is 18.1 Å². The number of aromatic amines is 1. The van der Waals surface area contributed by atoms with Crippen molar-refractivity contribution in [1.82, 2.24) is 9.71 Å². The molecule has 1 aliphatic heterocycles. The van der Waals surface area contributed by atoms with Crippen molar-refractivity contribution < 1.29 is 22.6 Å². The van der Waals surface area contributed by atoms with Crippen LogP contribution < -0.4 is 14.2 Å². The van der Waals surface area contributed by atoms with Crippen LogP contribution in [0.15, 0.2) is 83.9 Å². The normalized spacial score (nSPS) is 13.0. The van der Waals surface area contributed by atoms with Crippen molar-refractivity contribution in [2.45, 2.75) is 11.3 Å². The maximum atomic E-state index is 12.1. The third kappa shape index (κ3) is 4.90. The quantitative estimate of drug-likeness (QED) is 0.363. The van der Waals surface area contributed by atoms with E-state index in [0.717, 1.165) is 21.8 Å². The average Bonchev–Trinajstić information content (AvgIpc) is 3.22. The molecule has 0 aliphatic carbocycles. The maximum Gasteiger partial charge on any atom is 0.573 e. The van der Waals surface area contributed by atoms with Gasteiger partial charge in [0.1, 0.15) is 18.2 Å². The molecular weight excluding hydrogens is 413 g/mol. The largest absolute Gasteiger partial charge is 0.573 e. The number of hydrogen-bond donors (Lipinski definition) is 2. The number of rotatable bonds is 2. The number of fused-ring (bicyclic) bond motifs is 2. The SMILES string of the molecule is FC(F)(F)Oc1ccc(-c2cccc3c2SNCO3)cc1.c1ccc2[nH]ccc2c1. The Morgan fingerprint density at radius 1 is 0.900 bits per heavy atom. The average molecular weight is 430 g/mol. The summed E-state index contributed by atoms with van der Waals surface area (Å²) in [4.78, 5) is 4.03. The molecule has 3 aromatic carbocycles. The lowest BCUT2D eigenvalue weighted by molar-refractivity contribution is -0.274. The van der Waals surface area contributed by atoms with Crippen molar-refractivity contribution in [3.05, 3.63) is 79.0 Å². The molecule has 0 radical (unpaired) electrons. The van der Waals surface area contributed by atoms with Gasteiger partial charge < -0.3 is 14.5 Å². The highest BCUT2D eigenvalue weighted by molar-refractivity contribution is 7.97. The van der Waals surface area contributed by atoms with Crippen LogP contribution in [0.5, 0.6) is 11.5 Å². The molecule has 0 fully saturated rings. The highest BCUT2D eigenvalue weighted by atomic mass is 32.2. The number of ether oxygens (including phenoxy) is 2. The van der Waals surface area contributed by atoms with Crippen molar-refractivity contribution in [3.63, 3.8) is 0 Å². The zero-order valence-electron chi connectivity index (χ0n) is 15.6. The van der Waals surface area contributed by atoms with Gasteiger partial charge in [0.2, 0.25) is 0 Å². The predicted molar refractivity (Wildman–Crippen MR) is 111 cm³/mol. The molecule has 0 unspecified atom stereocenters. The number of halogens is 3. The van der Waals surface area contributed by atoms with E-state index in [-0.39, 0.29) is 5.75 Å². The van der Waals surface area contributed by atoms with E-state index in [0.29, 0.717) is 6.73 Å². The highest BCUT2D eigenvalue weighted by Gasteiger charge is 2.31. The summed E-state index contributed by atoms with van der Waals surface area (Å²) in [6, 6.07) is 21.6. The van der Waals surface area contributed by atoms with E-state index in [2.05, 4.69) is 32.6 Å². The Morgan fingerprint density at radius 3 is 2.47 bits per heavy atom. The van der Waals surface area contributed by atoms with Crippen LogP contribution in [0.2, 0.25) is 0 Å². The zero-order valence-corrected chi connectivity index (χ0v) is 16.4. The third-order valence-electron chi connectivity index (χ3n) is 4.30. The summed E-state index contributed by atoms with van der Waals surface area (Å²) in [5.41, 5.74) is 2.89. The van der Waals surface area contributed by atoms with E-state index in [1.54, 1.807) is 12.1 Å². The molecule has 4 aromatic rings. The summed E-state index contributed by atoms with van der Waals surface area (Å²) in [7, 11) is 0. The van der Waals surface area contributed by atoms with E-state index in [9.17, 15) is 13.2 Å². The minimum atomic E-state index is -4.68. The Morgan fingerprint density at radius 2 is 1.70 bits per heavy atom. The van der Waals surface area contributed by atoms with Crippen LogP contribution in [0, 0.1) is 0 Å². The van der Waals surface area contributed by atoms with Gasteiger partial charge in [-0.25, -0.2) is 4.72 Å². The second-order valence-corrected chi connectivity index (χ2v) is 7.21. The molecule has 2 N–H and O–H groups in total. The Hall–Kier alpha value is -3.10. The van der Waals surface area contributed by atoms with Crippen LogP contribution in [0.3, 0.4) is 0 Å². The Labute approximate surface area is 175 Å². The number of aromatic nitrogens is 1. The van der Waals surface area contributed by atoms with E-state index in [1.165, 1.54) is 35.0 Å². The second-order valence-electron chi connectivity index (χ2n) is 6.31. The summed E-state index contributed by atoms with van der Waals surface area (Å²) in [5.74, 6) is 0.518. The van der Waals surface area contributed by atoms with E-state index < -0.39 is 6.36 Å². The molecule has 8 heteroatoms. The lowest BCUT2D eigenvalue weighted by Gasteiger charge is -2.20. The molecular formula is C22H17F3N2O2S. The summed E-state index contributed by atoms with van der Waals surface area (Å²) in [6.07, 6.45) is -2.73. The van der Waals surface area contributed by atoms with E-state index in [1.807, 2.05) is 36.5 Å². The van der Waals surface area contributed by atoms with Gasteiger partial charge in [-0.05, 0) is 53.2 Å². The van der Waals surface area contributed by atoms with Crippen LogP contribution in [0.4, 0.5) is 13.2 Å². The fraction of sp³-hybridized carbons (Fsp3) is 0.0909. The molecule has 30 heavy (non-hydrogen) atoms. The molecule has 154 valence electrons. The molecule has 0 amide bonds. The molecule has 0 saturated carbocycles. The van der Waals surface area contributed by atoms with Crippen molar-refractivity contribution >= 4 is 22.9 Å². The summed E-state index contributed by atoms with van der Waals surface area (Å²) in [5, 5.41) is 1.28. The van der Waals surface area contributed by atoms with Gasteiger partial charge in [-0.3, -0.25) is 0 Å². The van der Waals surface area contributed by atoms with Gasteiger partial charge >= 0.3 is 6.36 Å². The van der Waals surface area contributed by atoms with Crippen molar-refractivity contribution in [3.8, 4) is 22.6 Å². The van der Waals surface area contributed by atoms with Crippen molar-refractivity contribution in [1.29, 1.82) is 0 Å². The fourth-order valence-electron chi connectivity index (χ4n) is 3.00. The molecule has 1 aliphatic rings. The standard InChI is InChI=1S/C14H10F3NO2S.C8H7N/c15-14(16,17)20-10-6-4-9(5-7-10)11-2-1-3-12-13(11)21-18-8-19-12;1-2-4-8-7(3-1)5-6-9-8/h1-7,18H,8H2;1-6,9H. The molecule has 1 aromatic heterocycles. The summed E-state index contributed by atoms with van der Waals surface area (Å²) >= 11 is 1.44. The molecule has 0 bridgehead atoms. The maximum absolute atomic E-state index is 12.1. The highest BCUT2D eigenvalue weighted by Crippen LogP contribution is 2.39. The van der Waals surface area contributed by atoms with Crippen LogP contribution in [-0.2, 0) is 0 Å². The molecule has 0 saturated heterocycles. The number of para-hydroxylation sites is 1. The van der Waals surface area contributed by atoms with Gasteiger partial charge in [0.05, 0.1) is 4.90 Å². The van der Waals surface area contributed by atoms with Gasteiger partial charge in [-0.15, -0.1) is 13.2 Å². The van der Waals surface area contributed by atoms with Gasteiger partial charge in [0.25, 0.3) is 0 Å². The van der Waals surface area contributed by atoms with Crippen molar-refractivity contribution in [2.24, 2.45) is 0 Å². The smallest absolute Gasteiger partial charge is 0.476 e. The van der Waals surface area contributed by atoms with E-state index in [4.69, 9.17) is 4.74 Å². The van der Waals surface area contributed by atoms with Gasteiger partial charge in [0, 0.05) is 17.3 Å². The Balaban J connectivity index is 0.000000200. The van der Waals surface area contributed by atoms with Gasteiger partial charge in [-0.1, -0.05) is 42.5 Å². The first-order valence-electron chi connectivity index (χ1n) is 9.03. The van der Waals surface area contributed by atoms with Crippen molar-refractivity contribution in [2.75, 3.05) is 6.73 Å². The Kier molecular flexibility index (Phi) is 5.87. The minimum Gasteiger partial charge on any atom is -0.476 e. The molecule has 0 atom stereocenters. The number of alkyl halides is 3. The molecule has 4 nitrogen and oxygen atoms in total. The van der Waals surface area contributed by atoms with Gasteiger partial charge in [0.15, 0.2) is 0 Å². The lowest BCUT2D eigenvalue weighted by Crippen LogP contribution is -2.17. The summed E-state index contributed by atoms with van der Waals surface area (Å²) in [6.45, 7) is 0.416. The fourth-order valence-corrected chi connectivity index (χ4v) is 3.79. The first kappa shape index (κ1) is 20.2. The number of H-pyrrole nitrogens is 1. The predicted octanol–water partition coefficient (Wildman–Crippen LogP) is 6.37.